The molecule has 7 heteroatoms. The van der Waals surface area contributed by atoms with Crippen LogP contribution in [-0.4, -0.2) is 10.5 Å². The fourth-order valence-electron chi connectivity index (χ4n) is 2.50. The SMILES string of the molecule is Cc1oc(-n2cccc2)c(C#N)c1C(=O)NCc1cc(Br)ccc1F. The zero-order valence-corrected chi connectivity index (χ0v) is 14.8. The third kappa shape index (κ3) is 3.35. The van der Waals surface area contributed by atoms with Crippen LogP contribution in [0.2, 0.25) is 0 Å². The van der Waals surface area contributed by atoms with Crippen LogP contribution in [-0.2, 0) is 6.54 Å². The molecule has 3 rings (SSSR count). The smallest absolute Gasteiger partial charge is 0.256 e. The Morgan fingerprint density at radius 3 is 2.80 bits per heavy atom. The molecule has 0 spiro atoms. The number of nitrogens with zero attached hydrogens (tertiary/aromatic N) is 2. The largest absolute Gasteiger partial charge is 0.443 e. The highest BCUT2D eigenvalue weighted by molar-refractivity contribution is 9.10. The second-order valence-corrected chi connectivity index (χ2v) is 6.25. The van der Waals surface area contributed by atoms with Gasteiger partial charge in [-0.2, -0.15) is 5.26 Å². The zero-order chi connectivity index (χ0) is 18.0. The number of amides is 1. The molecule has 0 radical (unpaired) electrons. The van der Waals surface area contributed by atoms with Crippen molar-refractivity contribution in [3.8, 4) is 12.0 Å². The van der Waals surface area contributed by atoms with Crippen LogP contribution >= 0.6 is 15.9 Å². The number of aromatic nitrogens is 1. The van der Waals surface area contributed by atoms with Gasteiger partial charge in [-0.25, -0.2) is 4.39 Å². The van der Waals surface area contributed by atoms with Crippen molar-refractivity contribution in [2.24, 2.45) is 0 Å². The Bertz CT molecular complexity index is 971. The first-order chi connectivity index (χ1) is 12.0. The Morgan fingerprint density at radius 2 is 2.12 bits per heavy atom. The molecule has 0 bridgehead atoms. The highest BCUT2D eigenvalue weighted by Gasteiger charge is 2.24. The number of hydrogen-bond donors (Lipinski definition) is 1. The molecule has 0 atom stereocenters. The first kappa shape index (κ1) is 17.0. The van der Waals surface area contributed by atoms with Gasteiger partial charge in [0.2, 0.25) is 5.88 Å². The highest BCUT2D eigenvalue weighted by atomic mass is 79.9. The summed E-state index contributed by atoms with van der Waals surface area (Å²) in [5.74, 6) is -0.298. The van der Waals surface area contributed by atoms with Gasteiger partial charge in [0.15, 0.2) is 0 Å². The minimum atomic E-state index is -0.490. The van der Waals surface area contributed by atoms with Gasteiger partial charge in [-0.1, -0.05) is 15.9 Å². The normalized spacial score (nSPS) is 10.5. The predicted octanol–water partition coefficient (Wildman–Crippen LogP) is 4.08. The van der Waals surface area contributed by atoms with Crippen molar-refractivity contribution in [1.29, 1.82) is 5.26 Å². The van der Waals surface area contributed by atoms with Crippen molar-refractivity contribution in [2.75, 3.05) is 0 Å². The number of carbonyl (C=O) groups is 1. The summed E-state index contributed by atoms with van der Waals surface area (Å²) in [5.41, 5.74) is 0.635. The summed E-state index contributed by atoms with van der Waals surface area (Å²) >= 11 is 3.27. The van der Waals surface area contributed by atoms with E-state index >= 15 is 0 Å². The molecule has 1 aromatic carbocycles. The van der Waals surface area contributed by atoms with E-state index in [1.165, 1.54) is 6.07 Å². The van der Waals surface area contributed by atoms with Gasteiger partial charge in [-0.05, 0) is 37.3 Å². The third-order valence-electron chi connectivity index (χ3n) is 3.69. The molecule has 126 valence electrons. The second kappa shape index (κ2) is 6.95. The molecule has 0 aliphatic heterocycles. The van der Waals surface area contributed by atoms with Crippen LogP contribution in [0.1, 0.15) is 27.2 Å². The number of rotatable bonds is 4. The van der Waals surface area contributed by atoms with E-state index in [1.807, 2.05) is 6.07 Å². The van der Waals surface area contributed by atoms with Crippen molar-refractivity contribution in [1.82, 2.24) is 9.88 Å². The van der Waals surface area contributed by atoms with Crippen LogP contribution in [0.4, 0.5) is 4.39 Å². The van der Waals surface area contributed by atoms with E-state index in [-0.39, 0.29) is 23.6 Å². The monoisotopic (exact) mass is 401 g/mol. The van der Waals surface area contributed by atoms with Gasteiger partial charge in [0.25, 0.3) is 5.91 Å². The molecule has 0 fully saturated rings. The fourth-order valence-corrected chi connectivity index (χ4v) is 2.91. The predicted molar refractivity (Wildman–Crippen MR) is 92.8 cm³/mol. The number of furan rings is 1. The minimum absolute atomic E-state index is 0.00154. The lowest BCUT2D eigenvalue weighted by molar-refractivity contribution is 0.0949. The molecule has 5 nitrogen and oxygen atoms in total. The average molecular weight is 402 g/mol. The molecular formula is C18H13BrFN3O2. The molecule has 0 aliphatic carbocycles. The Morgan fingerprint density at radius 1 is 1.40 bits per heavy atom. The topological polar surface area (TPSA) is 71.0 Å². The molecule has 0 saturated carbocycles. The quantitative estimate of drug-likeness (QED) is 0.715. The van der Waals surface area contributed by atoms with Crippen LogP contribution in [0.15, 0.2) is 51.6 Å². The van der Waals surface area contributed by atoms with E-state index in [0.29, 0.717) is 15.8 Å². The molecule has 25 heavy (non-hydrogen) atoms. The number of benzene rings is 1. The van der Waals surface area contributed by atoms with Gasteiger partial charge in [-0.15, -0.1) is 0 Å². The molecule has 3 aromatic rings. The summed E-state index contributed by atoms with van der Waals surface area (Å²) in [4.78, 5) is 12.5. The molecular weight excluding hydrogens is 389 g/mol. The lowest BCUT2D eigenvalue weighted by Crippen LogP contribution is -2.24. The molecule has 0 saturated heterocycles. The van der Waals surface area contributed by atoms with Crippen LogP contribution < -0.4 is 5.32 Å². The summed E-state index contributed by atoms with van der Waals surface area (Å²) in [5, 5.41) is 12.1. The van der Waals surface area contributed by atoms with E-state index < -0.39 is 11.7 Å². The van der Waals surface area contributed by atoms with Crippen molar-refractivity contribution < 1.29 is 13.6 Å². The van der Waals surface area contributed by atoms with Gasteiger partial charge in [-0.3, -0.25) is 9.36 Å². The summed E-state index contributed by atoms with van der Waals surface area (Å²) < 4.78 is 21.7. The maximum absolute atomic E-state index is 13.8. The maximum Gasteiger partial charge on any atom is 0.256 e. The number of nitrogens with one attached hydrogen (secondary N) is 1. The molecule has 0 aliphatic rings. The number of nitriles is 1. The summed E-state index contributed by atoms with van der Waals surface area (Å²) in [6, 6.07) is 10.1. The first-order valence-corrected chi connectivity index (χ1v) is 8.19. The lowest BCUT2D eigenvalue weighted by atomic mass is 10.1. The third-order valence-corrected chi connectivity index (χ3v) is 4.18. The first-order valence-electron chi connectivity index (χ1n) is 7.40. The van der Waals surface area contributed by atoms with E-state index in [9.17, 15) is 14.4 Å². The standard InChI is InChI=1S/C18H13BrFN3O2/c1-11-16(14(9-21)18(25-11)23-6-2-3-7-23)17(24)22-10-12-8-13(19)4-5-15(12)20/h2-8H,10H2,1H3,(H,22,24). The number of hydrogen-bond acceptors (Lipinski definition) is 3. The molecule has 2 aromatic heterocycles. The summed E-state index contributed by atoms with van der Waals surface area (Å²) in [6.45, 7) is 1.61. The van der Waals surface area contributed by atoms with E-state index in [4.69, 9.17) is 4.42 Å². The van der Waals surface area contributed by atoms with Gasteiger partial charge >= 0.3 is 0 Å². The van der Waals surface area contributed by atoms with Crippen molar-refractivity contribution in [2.45, 2.75) is 13.5 Å². The Balaban J connectivity index is 1.88. The zero-order valence-electron chi connectivity index (χ0n) is 13.2. The lowest BCUT2D eigenvalue weighted by Gasteiger charge is -2.07. The van der Waals surface area contributed by atoms with Crippen LogP contribution in [0, 0.1) is 24.1 Å². The maximum atomic E-state index is 13.8. The van der Waals surface area contributed by atoms with E-state index in [1.54, 1.807) is 48.1 Å². The Labute approximate surface area is 151 Å². The Kier molecular flexibility index (Phi) is 4.72. The molecule has 1 N–H and O–H groups in total. The van der Waals surface area contributed by atoms with Crippen LogP contribution in [0.3, 0.4) is 0 Å². The van der Waals surface area contributed by atoms with Gasteiger partial charge in [0.05, 0.1) is 0 Å². The van der Waals surface area contributed by atoms with E-state index in [2.05, 4.69) is 21.2 Å². The van der Waals surface area contributed by atoms with Crippen molar-refractivity contribution >= 4 is 21.8 Å². The van der Waals surface area contributed by atoms with Crippen molar-refractivity contribution in [3.63, 3.8) is 0 Å². The minimum Gasteiger partial charge on any atom is -0.443 e. The average Bonchev–Trinajstić information content (AvgIpc) is 3.22. The van der Waals surface area contributed by atoms with Gasteiger partial charge < -0.3 is 9.73 Å². The number of carbonyl (C=O) groups excluding carboxylic acids is 1. The molecule has 1 amide bonds. The van der Waals surface area contributed by atoms with Gasteiger partial charge in [0.1, 0.15) is 28.8 Å². The molecule has 2 heterocycles. The van der Waals surface area contributed by atoms with Crippen molar-refractivity contribution in [3.05, 3.63) is 75.5 Å². The highest BCUT2D eigenvalue weighted by Crippen LogP contribution is 2.25. The second-order valence-electron chi connectivity index (χ2n) is 5.33. The van der Waals surface area contributed by atoms with Gasteiger partial charge in [0, 0.05) is 29.0 Å². The Hall–Kier alpha value is -2.85. The molecule has 0 unspecified atom stereocenters. The van der Waals surface area contributed by atoms with Crippen LogP contribution in [0.25, 0.3) is 5.88 Å². The fraction of sp³-hybridized carbons (Fsp3) is 0.111. The number of aryl methyl sites for hydroxylation is 1. The van der Waals surface area contributed by atoms with Crippen LogP contribution in [0.5, 0.6) is 0 Å². The number of halogens is 2. The van der Waals surface area contributed by atoms with E-state index in [0.717, 1.165) is 0 Å². The summed E-state index contributed by atoms with van der Waals surface area (Å²) in [6.07, 6.45) is 3.44. The summed E-state index contributed by atoms with van der Waals surface area (Å²) in [7, 11) is 0.